The standard InChI is InChI=1S/C22H26N2O4S/c1-14-5-7-16(8-6-14)21-20(28-15(2)25)22(27)24(12-11-23(3)4)18-10-9-17(26)13-19(18)29-21/h5-10,13,20-21,26H,11-12H2,1-4H3/t20-,21+/m0/s1. The number of aryl methyl sites for hydroxylation is 1. The highest BCUT2D eigenvalue weighted by Crippen LogP contribution is 2.47. The van der Waals surface area contributed by atoms with Gasteiger partial charge in [0, 0.05) is 24.9 Å². The third-order valence-electron chi connectivity index (χ3n) is 4.74. The van der Waals surface area contributed by atoms with Crippen molar-refractivity contribution in [1.29, 1.82) is 0 Å². The van der Waals surface area contributed by atoms with Gasteiger partial charge < -0.3 is 19.6 Å². The molecular weight excluding hydrogens is 388 g/mol. The van der Waals surface area contributed by atoms with E-state index in [1.165, 1.54) is 18.7 Å². The average Bonchev–Trinajstić information content (AvgIpc) is 2.76. The molecule has 0 radical (unpaired) electrons. The second-order valence-electron chi connectivity index (χ2n) is 7.42. The Morgan fingerprint density at radius 1 is 1.21 bits per heavy atom. The average molecular weight is 415 g/mol. The maximum atomic E-state index is 13.5. The zero-order chi connectivity index (χ0) is 21.1. The highest BCUT2D eigenvalue weighted by Gasteiger charge is 2.40. The van der Waals surface area contributed by atoms with Crippen molar-refractivity contribution in [1.82, 2.24) is 4.90 Å². The van der Waals surface area contributed by atoms with E-state index in [2.05, 4.69) is 0 Å². The summed E-state index contributed by atoms with van der Waals surface area (Å²) in [5.41, 5.74) is 2.71. The number of ether oxygens (including phenoxy) is 1. The first-order valence-corrected chi connectivity index (χ1v) is 10.3. The van der Waals surface area contributed by atoms with E-state index in [0.717, 1.165) is 16.0 Å². The summed E-state index contributed by atoms with van der Waals surface area (Å²) in [5.74, 6) is -0.628. The monoisotopic (exact) mass is 414 g/mol. The van der Waals surface area contributed by atoms with Crippen molar-refractivity contribution < 1.29 is 19.4 Å². The molecule has 0 spiro atoms. The van der Waals surface area contributed by atoms with Gasteiger partial charge in [0.15, 0.2) is 6.10 Å². The van der Waals surface area contributed by atoms with Gasteiger partial charge in [0.2, 0.25) is 0 Å². The molecule has 0 fully saturated rings. The molecule has 0 saturated heterocycles. The van der Waals surface area contributed by atoms with Crippen LogP contribution in [-0.4, -0.2) is 55.2 Å². The second kappa shape index (κ2) is 8.88. The van der Waals surface area contributed by atoms with Crippen molar-refractivity contribution in [2.75, 3.05) is 32.1 Å². The topological polar surface area (TPSA) is 70.1 Å². The first kappa shape index (κ1) is 21.2. The van der Waals surface area contributed by atoms with Crippen LogP contribution in [0.4, 0.5) is 5.69 Å². The number of hydrogen-bond donors (Lipinski definition) is 1. The van der Waals surface area contributed by atoms with Gasteiger partial charge >= 0.3 is 5.97 Å². The predicted octanol–water partition coefficient (Wildman–Crippen LogP) is 3.37. The van der Waals surface area contributed by atoms with Gasteiger partial charge in [0.05, 0.1) is 10.9 Å². The summed E-state index contributed by atoms with van der Waals surface area (Å²) in [6, 6.07) is 12.8. The van der Waals surface area contributed by atoms with E-state index in [4.69, 9.17) is 4.74 Å². The largest absolute Gasteiger partial charge is 0.508 e. The van der Waals surface area contributed by atoms with E-state index >= 15 is 0 Å². The number of esters is 1. The van der Waals surface area contributed by atoms with Gasteiger partial charge in [0.1, 0.15) is 5.75 Å². The molecule has 154 valence electrons. The number of phenolic OH excluding ortho intramolecular Hbond substituents is 1. The third kappa shape index (κ3) is 4.92. The molecule has 0 aliphatic carbocycles. The number of rotatable bonds is 5. The van der Waals surface area contributed by atoms with Gasteiger partial charge in [-0.05, 0) is 44.8 Å². The number of likely N-dealkylation sites (N-methyl/N-ethyl adjacent to an activating group) is 1. The number of phenols is 1. The molecule has 7 heteroatoms. The molecule has 3 rings (SSSR count). The SMILES string of the molecule is CC(=O)O[C@@H]1C(=O)N(CCN(C)C)c2ccc(O)cc2S[C@@H]1c1ccc(C)cc1. The van der Waals surface area contributed by atoms with Crippen molar-refractivity contribution in [3.05, 3.63) is 53.6 Å². The van der Waals surface area contributed by atoms with Gasteiger partial charge in [-0.15, -0.1) is 11.8 Å². The highest BCUT2D eigenvalue weighted by molar-refractivity contribution is 7.99. The Morgan fingerprint density at radius 3 is 2.52 bits per heavy atom. The van der Waals surface area contributed by atoms with Crippen molar-refractivity contribution in [3.63, 3.8) is 0 Å². The van der Waals surface area contributed by atoms with E-state index in [1.54, 1.807) is 23.1 Å². The van der Waals surface area contributed by atoms with Crippen LogP contribution in [0.25, 0.3) is 0 Å². The fourth-order valence-corrected chi connectivity index (χ4v) is 4.59. The maximum Gasteiger partial charge on any atom is 0.303 e. The Kier molecular flexibility index (Phi) is 6.49. The second-order valence-corrected chi connectivity index (χ2v) is 8.61. The van der Waals surface area contributed by atoms with Gasteiger partial charge in [0.25, 0.3) is 5.91 Å². The molecule has 1 heterocycles. The third-order valence-corrected chi connectivity index (χ3v) is 6.10. The number of nitrogens with zero attached hydrogens (tertiary/aromatic N) is 2. The molecule has 2 atom stereocenters. The number of carbonyl (C=O) groups excluding carboxylic acids is 2. The molecule has 1 N–H and O–H groups in total. The Hall–Kier alpha value is -2.51. The minimum Gasteiger partial charge on any atom is -0.508 e. The Labute approximate surface area is 175 Å². The summed E-state index contributed by atoms with van der Waals surface area (Å²) < 4.78 is 5.55. The van der Waals surface area contributed by atoms with E-state index in [9.17, 15) is 14.7 Å². The lowest BCUT2D eigenvalue weighted by Gasteiger charge is -2.28. The number of amides is 1. The van der Waals surface area contributed by atoms with E-state index in [-0.39, 0.29) is 11.7 Å². The van der Waals surface area contributed by atoms with Crippen LogP contribution < -0.4 is 4.90 Å². The number of hydrogen-bond acceptors (Lipinski definition) is 6. The quantitative estimate of drug-likeness (QED) is 0.757. The summed E-state index contributed by atoms with van der Waals surface area (Å²) in [4.78, 5) is 29.8. The van der Waals surface area contributed by atoms with Crippen LogP contribution in [-0.2, 0) is 14.3 Å². The van der Waals surface area contributed by atoms with Gasteiger partial charge in [-0.3, -0.25) is 9.59 Å². The fourth-order valence-electron chi connectivity index (χ4n) is 3.24. The van der Waals surface area contributed by atoms with Gasteiger partial charge in [-0.1, -0.05) is 29.8 Å². The molecular formula is C22H26N2O4S. The minimum absolute atomic E-state index is 0.129. The lowest BCUT2D eigenvalue weighted by molar-refractivity contribution is -0.152. The molecule has 0 aromatic heterocycles. The number of carbonyl (C=O) groups is 2. The highest BCUT2D eigenvalue weighted by atomic mass is 32.2. The Balaban J connectivity index is 2.10. The van der Waals surface area contributed by atoms with Crippen LogP contribution in [0, 0.1) is 6.92 Å². The molecule has 0 unspecified atom stereocenters. The first-order valence-electron chi connectivity index (χ1n) is 9.46. The van der Waals surface area contributed by atoms with Gasteiger partial charge in [-0.25, -0.2) is 0 Å². The summed E-state index contributed by atoms with van der Waals surface area (Å²) in [6.45, 7) is 4.41. The van der Waals surface area contributed by atoms with Crippen molar-refractivity contribution >= 4 is 29.3 Å². The van der Waals surface area contributed by atoms with Crippen molar-refractivity contribution in [2.24, 2.45) is 0 Å². The summed E-state index contributed by atoms with van der Waals surface area (Å²) in [6.07, 6.45) is -0.961. The number of thioether (sulfide) groups is 1. The smallest absolute Gasteiger partial charge is 0.303 e. The molecule has 1 aliphatic heterocycles. The minimum atomic E-state index is -0.961. The molecule has 29 heavy (non-hydrogen) atoms. The van der Waals surface area contributed by atoms with Crippen LogP contribution in [0.1, 0.15) is 23.3 Å². The number of aromatic hydroxyl groups is 1. The summed E-state index contributed by atoms with van der Waals surface area (Å²) in [7, 11) is 3.88. The van der Waals surface area contributed by atoms with Crippen LogP contribution in [0.5, 0.6) is 5.75 Å². The maximum absolute atomic E-state index is 13.5. The molecule has 0 saturated carbocycles. The Bertz CT molecular complexity index is 898. The van der Waals surface area contributed by atoms with Crippen LogP contribution >= 0.6 is 11.8 Å². The molecule has 2 aromatic carbocycles. The first-order chi connectivity index (χ1) is 13.8. The molecule has 0 bridgehead atoms. The molecule has 1 amide bonds. The lowest BCUT2D eigenvalue weighted by Crippen LogP contribution is -2.45. The molecule has 1 aliphatic rings. The summed E-state index contributed by atoms with van der Waals surface area (Å²) >= 11 is 1.43. The zero-order valence-electron chi connectivity index (χ0n) is 17.1. The Morgan fingerprint density at radius 2 is 1.90 bits per heavy atom. The van der Waals surface area contributed by atoms with Crippen LogP contribution in [0.3, 0.4) is 0 Å². The van der Waals surface area contributed by atoms with Crippen molar-refractivity contribution in [2.45, 2.75) is 30.1 Å². The van der Waals surface area contributed by atoms with Crippen LogP contribution in [0.15, 0.2) is 47.4 Å². The fraction of sp³-hybridized carbons (Fsp3) is 0.364. The number of anilines is 1. The van der Waals surface area contributed by atoms with E-state index < -0.39 is 17.3 Å². The van der Waals surface area contributed by atoms with E-state index in [0.29, 0.717) is 18.8 Å². The lowest BCUT2D eigenvalue weighted by atomic mass is 10.0. The molecule has 2 aromatic rings. The summed E-state index contributed by atoms with van der Waals surface area (Å²) in [5, 5.41) is 9.62. The molecule has 6 nitrogen and oxygen atoms in total. The number of fused-ring (bicyclic) bond motifs is 1. The van der Waals surface area contributed by atoms with E-state index in [1.807, 2.05) is 50.2 Å². The zero-order valence-corrected chi connectivity index (χ0v) is 17.9. The normalized spacial score (nSPS) is 19.1. The van der Waals surface area contributed by atoms with Crippen molar-refractivity contribution in [3.8, 4) is 5.75 Å². The van der Waals surface area contributed by atoms with Crippen LogP contribution in [0.2, 0.25) is 0 Å². The number of benzene rings is 2. The van der Waals surface area contributed by atoms with Gasteiger partial charge in [-0.2, -0.15) is 0 Å². The predicted molar refractivity (Wildman–Crippen MR) is 114 cm³/mol.